The van der Waals surface area contributed by atoms with Crippen LogP contribution in [0.3, 0.4) is 0 Å². The molecular formula is C18H32IN5O2S. The van der Waals surface area contributed by atoms with Gasteiger partial charge in [-0.2, -0.15) is 0 Å². The smallest absolute Gasteiger partial charge is 0.244 e. The van der Waals surface area contributed by atoms with Gasteiger partial charge in [-0.1, -0.05) is 0 Å². The molecule has 1 aliphatic rings. The highest BCUT2D eigenvalue weighted by molar-refractivity contribution is 14.0. The lowest BCUT2D eigenvalue weighted by atomic mass is 10.1. The maximum Gasteiger partial charge on any atom is 0.244 e. The molecular weight excluding hydrogens is 477 g/mol. The average molecular weight is 509 g/mol. The van der Waals surface area contributed by atoms with Crippen molar-refractivity contribution in [1.82, 2.24) is 20.1 Å². The molecule has 1 atom stereocenters. The number of hydrogen-bond donors (Lipinski definition) is 1. The van der Waals surface area contributed by atoms with Gasteiger partial charge >= 0.3 is 0 Å². The van der Waals surface area contributed by atoms with Crippen LogP contribution in [0.15, 0.2) is 10.4 Å². The molecule has 1 unspecified atom stereocenters. The Morgan fingerprint density at radius 3 is 2.78 bits per heavy atom. The van der Waals surface area contributed by atoms with Gasteiger partial charge in [0, 0.05) is 39.2 Å². The van der Waals surface area contributed by atoms with E-state index in [0.717, 1.165) is 49.1 Å². The normalized spacial score (nSPS) is 15.9. The molecule has 0 saturated carbocycles. The van der Waals surface area contributed by atoms with Crippen molar-refractivity contribution in [3.05, 3.63) is 16.1 Å². The van der Waals surface area contributed by atoms with Gasteiger partial charge in [-0.3, -0.25) is 4.79 Å². The number of nitrogens with zero attached hydrogens (tertiary/aromatic N) is 4. The van der Waals surface area contributed by atoms with Crippen molar-refractivity contribution in [2.75, 3.05) is 40.3 Å². The predicted molar refractivity (Wildman–Crippen MR) is 121 cm³/mol. The Kier molecular flexibility index (Phi) is 11.2. The predicted octanol–water partition coefficient (Wildman–Crippen LogP) is 2.88. The molecule has 1 aromatic rings. The van der Waals surface area contributed by atoms with E-state index in [1.807, 2.05) is 36.1 Å². The lowest BCUT2D eigenvalue weighted by Crippen LogP contribution is -2.41. The van der Waals surface area contributed by atoms with E-state index in [4.69, 9.17) is 4.74 Å². The number of carbonyl (C=O) groups excluding carboxylic acids is 1. The minimum atomic E-state index is 0. The number of likely N-dealkylation sites (tertiary alicyclic amines) is 1. The van der Waals surface area contributed by atoms with Crippen LogP contribution < -0.4 is 5.32 Å². The highest BCUT2D eigenvalue weighted by atomic mass is 127. The topological polar surface area (TPSA) is 70.1 Å². The highest BCUT2D eigenvalue weighted by Gasteiger charge is 2.17. The molecule has 1 saturated heterocycles. The monoisotopic (exact) mass is 509 g/mol. The molecule has 1 fully saturated rings. The minimum absolute atomic E-state index is 0. The number of aromatic nitrogens is 1. The van der Waals surface area contributed by atoms with Crippen LogP contribution in [-0.2, 0) is 16.1 Å². The zero-order valence-electron chi connectivity index (χ0n) is 16.7. The molecule has 1 aliphatic heterocycles. The summed E-state index contributed by atoms with van der Waals surface area (Å²) in [6, 6.07) is 0. The molecule has 2 heterocycles. The molecule has 1 amide bonds. The minimum Gasteiger partial charge on any atom is -0.375 e. The Morgan fingerprint density at radius 1 is 1.44 bits per heavy atom. The Hall–Kier alpha value is -0.940. The number of thiazole rings is 1. The summed E-state index contributed by atoms with van der Waals surface area (Å²) in [7, 11) is 3.65. The Morgan fingerprint density at radius 2 is 2.15 bits per heavy atom. The van der Waals surface area contributed by atoms with Crippen molar-refractivity contribution in [3.63, 3.8) is 0 Å². The van der Waals surface area contributed by atoms with Crippen molar-refractivity contribution < 1.29 is 9.53 Å². The van der Waals surface area contributed by atoms with Gasteiger partial charge in [0.2, 0.25) is 5.91 Å². The van der Waals surface area contributed by atoms with E-state index in [1.54, 1.807) is 18.4 Å². The van der Waals surface area contributed by atoms with Crippen LogP contribution in [-0.4, -0.2) is 67.0 Å². The Bertz CT molecular complexity index is 604. The van der Waals surface area contributed by atoms with Gasteiger partial charge in [-0.05, 0) is 33.1 Å². The molecule has 2 rings (SSSR count). The molecule has 1 N–H and O–H groups in total. The summed E-state index contributed by atoms with van der Waals surface area (Å²) in [5, 5.41) is 6.27. The third kappa shape index (κ3) is 7.53. The standard InChI is InChI=1S/C18H31N5O2S.HI/c1-5-19-18(20-11-16(24)23-9-7-6-8-10-23)22(3)12-15-13-26-17(21-15)14(2)25-4;/h13-14H,5-12H2,1-4H3,(H,19,20);1H. The number of ether oxygens (including phenoxy) is 1. The molecule has 1 aromatic heterocycles. The van der Waals surface area contributed by atoms with Crippen molar-refractivity contribution in [2.24, 2.45) is 4.99 Å². The number of hydrogen-bond acceptors (Lipinski definition) is 5. The second-order valence-corrected chi connectivity index (χ2v) is 7.41. The van der Waals surface area contributed by atoms with E-state index in [2.05, 4.69) is 15.3 Å². The third-order valence-electron chi connectivity index (χ3n) is 4.44. The van der Waals surface area contributed by atoms with Crippen LogP contribution >= 0.6 is 35.3 Å². The van der Waals surface area contributed by atoms with E-state index in [0.29, 0.717) is 6.54 Å². The zero-order chi connectivity index (χ0) is 18.9. The van der Waals surface area contributed by atoms with Gasteiger partial charge in [0.05, 0.1) is 12.2 Å². The van der Waals surface area contributed by atoms with Crippen LogP contribution in [0.5, 0.6) is 0 Å². The maximum absolute atomic E-state index is 12.3. The molecule has 27 heavy (non-hydrogen) atoms. The SMILES string of the molecule is CCNC(=NCC(=O)N1CCCCC1)N(C)Cc1csc(C(C)OC)n1.I. The third-order valence-corrected chi connectivity index (χ3v) is 5.49. The molecule has 0 bridgehead atoms. The number of amides is 1. The number of halogens is 1. The Labute approximate surface area is 183 Å². The molecule has 7 nitrogen and oxygen atoms in total. The first-order chi connectivity index (χ1) is 12.5. The van der Waals surface area contributed by atoms with Crippen LogP contribution in [0.25, 0.3) is 0 Å². The fourth-order valence-corrected chi connectivity index (χ4v) is 3.70. The first-order valence-electron chi connectivity index (χ1n) is 9.29. The second-order valence-electron chi connectivity index (χ2n) is 6.52. The zero-order valence-corrected chi connectivity index (χ0v) is 19.9. The summed E-state index contributed by atoms with van der Waals surface area (Å²) in [5.41, 5.74) is 0.976. The number of aliphatic imine (C=N–C) groups is 1. The summed E-state index contributed by atoms with van der Waals surface area (Å²) in [4.78, 5) is 25.4. The summed E-state index contributed by atoms with van der Waals surface area (Å²) in [6.07, 6.45) is 3.42. The summed E-state index contributed by atoms with van der Waals surface area (Å²) < 4.78 is 5.32. The lowest BCUT2D eigenvalue weighted by Gasteiger charge is -2.26. The van der Waals surface area contributed by atoms with Crippen LogP contribution in [0, 0.1) is 0 Å². The average Bonchev–Trinajstić information content (AvgIpc) is 3.13. The van der Waals surface area contributed by atoms with Gasteiger partial charge < -0.3 is 19.9 Å². The van der Waals surface area contributed by atoms with Crippen molar-refractivity contribution in [2.45, 2.75) is 45.8 Å². The first-order valence-corrected chi connectivity index (χ1v) is 10.2. The van der Waals surface area contributed by atoms with Gasteiger partial charge in [0.1, 0.15) is 17.7 Å². The molecule has 0 aliphatic carbocycles. The van der Waals surface area contributed by atoms with Crippen LogP contribution in [0.4, 0.5) is 0 Å². The number of rotatable bonds is 7. The van der Waals surface area contributed by atoms with Crippen molar-refractivity contribution in [3.8, 4) is 0 Å². The quantitative estimate of drug-likeness (QED) is 0.348. The van der Waals surface area contributed by atoms with Gasteiger partial charge in [0.25, 0.3) is 0 Å². The fraction of sp³-hybridized carbons (Fsp3) is 0.722. The van der Waals surface area contributed by atoms with E-state index in [9.17, 15) is 4.79 Å². The summed E-state index contributed by atoms with van der Waals surface area (Å²) in [5.74, 6) is 0.838. The second kappa shape index (κ2) is 12.5. The van der Waals surface area contributed by atoms with Crippen molar-refractivity contribution >= 4 is 47.2 Å². The van der Waals surface area contributed by atoms with Crippen molar-refractivity contribution in [1.29, 1.82) is 0 Å². The van der Waals surface area contributed by atoms with Crippen LogP contribution in [0.2, 0.25) is 0 Å². The lowest BCUT2D eigenvalue weighted by molar-refractivity contribution is -0.130. The number of piperidine rings is 1. The summed E-state index contributed by atoms with van der Waals surface area (Å²) in [6.45, 7) is 7.32. The van der Waals surface area contributed by atoms with Crippen LogP contribution in [0.1, 0.15) is 49.9 Å². The molecule has 0 radical (unpaired) electrons. The van der Waals surface area contributed by atoms with Gasteiger partial charge in [-0.25, -0.2) is 9.98 Å². The largest absolute Gasteiger partial charge is 0.375 e. The number of methoxy groups -OCH3 is 1. The van der Waals surface area contributed by atoms with E-state index < -0.39 is 0 Å². The number of carbonyl (C=O) groups is 1. The molecule has 0 aromatic carbocycles. The first kappa shape index (κ1) is 24.1. The Balaban J connectivity index is 0.00000364. The fourth-order valence-electron chi connectivity index (χ4n) is 2.86. The van der Waals surface area contributed by atoms with E-state index in [1.165, 1.54) is 6.42 Å². The molecule has 9 heteroatoms. The van der Waals surface area contributed by atoms with E-state index in [-0.39, 0.29) is 42.5 Å². The molecule has 0 spiro atoms. The number of nitrogens with one attached hydrogen (secondary N) is 1. The summed E-state index contributed by atoms with van der Waals surface area (Å²) >= 11 is 1.60. The number of guanidine groups is 1. The van der Waals surface area contributed by atoms with Gasteiger partial charge in [0.15, 0.2) is 5.96 Å². The molecule has 154 valence electrons. The highest BCUT2D eigenvalue weighted by Crippen LogP contribution is 2.20. The van der Waals surface area contributed by atoms with E-state index >= 15 is 0 Å². The van der Waals surface area contributed by atoms with Gasteiger partial charge in [-0.15, -0.1) is 35.3 Å². The maximum atomic E-state index is 12.3.